The smallest absolute Gasteiger partial charge is 0.120 e. The third kappa shape index (κ3) is 4.63. The molecule has 0 amide bonds. The molecular weight excluding hydrogens is 305 g/mol. The highest BCUT2D eigenvalue weighted by atomic mass is 35.5. The van der Waals surface area contributed by atoms with Gasteiger partial charge in [-0.05, 0) is 48.9 Å². The van der Waals surface area contributed by atoms with Crippen molar-refractivity contribution in [3.63, 3.8) is 0 Å². The van der Waals surface area contributed by atoms with E-state index in [1.807, 2.05) is 43.3 Å². The quantitative estimate of drug-likeness (QED) is 0.804. The highest BCUT2D eigenvalue weighted by Gasteiger charge is 2.12. The SMILES string of the molecule is CCNC(COc1cccc(Cl)c1)c1ccc(C)c(Cl)c1. The standard InChI is InChI=1S/C17H19Cl2NO/c1-3-20-17(13-8-7-12(2)16(19)9-13)11-21-15-6-4-5-14(18)10-15/h4-10,17,20H,3,11H2,1-2H3. The van der Waals surface area contributed by atoms with Gasteiger partial charge in [-0.3, -0.25) is 0 Å². The molecule has 1 atom stereocenters. The molecule has 112 valence electrons. The van der Waals surface area contributed by atoms with Crippen molar-refractivity contribution in [2.24, 2.45) is 0 Å². The lowest BCUT2D eigenvalue weighted by Crippen LogP contribution is -2.26. The lowest BCUT2D eigenvalue weighted by molar-refractivity contribution is 0.268. The largest absolute Gasteiger partial charge is 0.492 e. The number of aryl methyl sites for hydroxylation is 1. The van der Waals surface area contributed by atoms with Gasteiger partial charge in [-0.1, -0.05) is 48.3 Å². The van der Waals surface area contributed by atoms with Gasteiger partial charge in [-0.15, -0.1) is 0 Å². The second-order valence-electron chi connectivity index (χ2n) is 4.89. The van der Waals surface area contributed by atoms with Crippen LogP contribution in [0.25, 0.3) is 0 Å². The molecule has 0 fully saturated rings. The van der Waals surface area contributed by atoms with Crippen LogP contribution in [0.1, 0.15) is 24.1 Å². The first-order chi connectivity index (χ1) is 10.1. The van der Waals surface area contributed by atoms with E-state index in [2.05, 4.69) is 18.3 Å². The second-order valence-corrected chi connectivity index (χ2v) is 5.73. The topological polar surface area (TPSA) is 21.3 Å². The van der Waals surface area contributed by atoms with E-state index in [9.17, 15) is 0 Å². The van der Waals surface area contributed by atoms with Gasteiger partial charge in [0.15, 0.2) is 0 Å². The Kier molecular flexibility index (Phi) is 5.92. The zero-order chi connectivity index (χ0) is 15.2. The van der Waals surface area contributed by atoms with Gasteiger partial charge in [0.05, 0.1) is 6.04 Å². The Bertz CT molecular complexity index is 601. The first kappa shape index (κ1) is 16.2. The summed E-state index contributed by atoms with van der Waals surface area (Å²) in [4.78, 5) is 0. The third-order valence-electron chi connectivity index (χ3n) is 3.26. The fourth-order valence-corrected chi connectivity index (χ4v) is 2.45. The number of rotatable bonds is 6. The third-order valence-corrected chi connectivity index (χ3v) is 3.90. The summed E-state index contributed by atoms with van der Waals surface area (Å²) in [5.41, 5.74) is 2.20. The minimum Gasteiger partial charge on any atom is -0.492 e. The number of hydrogen-bond acceptors (Lipinski definition) is 2. The minimum absolute atomic E-state index is 0.0899. The minimum atomic E-state index is 0.0899. The molecule has 0 radical (unpaired) electrons. The Morgan fingerprint density at radius 2 is 1.95 bits per heavy atom. The Morgan fingerprint density at radius 3 is 2.62 bits per heavy atom. The molecule has 1 unspecified atom stereocenters. The van der Waals surface area contributed by atoms with Crippen molar-refractivity contribution in [2.75, 3.05) is 13.2 Å². The lowest BCUT2D eigenvalue weighted by atomic mass is 10.1. The van der Waals surface area contributed by atoms with Gasteiger partial charge in [0, 0.05) is 10.0 Å². The van der Waals surface area contributed by atoms with E-state index in [4.69, 9.17) is 27.9 Å². The molecule has 0 aliphatic carbocycles. The molecule has 2 aromatic rings. The molecule has 0 spiro atoms. The first-order valence-electron chi connectivity index (χ1n) is 6.98. The molecule has 2 aromatic carbocycles. The van der Waals surface area contributed by atoms with Crippen LogP contribution in [0.5, 0.6) is 5.75 Å². The molecule has 1 N–H and O–H groups in total. The average Bonchev–Trinajstić information content (AvgIpc) is 2.46. The number of halogens is 2. The van der Waals surface area contributed by atoms with E-state index in [0.29, 0.717) is 11.6 Å². The van der Waals surface area contributed by atoms with Crippen LogP contribution in [-0.2, 0) is 0 Å². The van der Waals surface area contributed by atoms with Crippen molar-refractivity contribution in [3.8, 4) is 5.75 Å². The fraction of sp³-hybridized carbons (Fsp3) is 0.294. The molecule has 0 aliphatic heterocycles. The van der Waals surface area contributed by atoms with Gasteiger partial charge in [0.1, 0.15) is 12.4 Å². The van der Waals surface area contributed by atoms with Gasteiger partial charge < -0.3 is 10.1 Å². The van der Waals surface area contributed by atoms with E-state index >= 15 is 0 Å². The summed E-state index contributed by atoms with van der Waals surface area (Å²) in [5, 5.41) is 4.86. The van der Waals surface area contributed by atoms with Gasteiger partial charge in [-0.25, -0.2) is 0 Å². The maximum absolute atomic E-state index is 6.21. The van der Waals surface area contributed by atoms with Crippen molar-refractivity contribution < 1.29 is 4.74 Å². The van der Waals surface area contributed by atoms with Crippen molar-refractivity contribution in [1.82, 2.24) is 5.32 Å². The Labute approximate surface area is 136 Å². The van der Waals surface area contributed by atoms with Crippen molar-refractivity contribution in [3.05, 3.63) is 63.6 Å². The predicted octanol–water partition coefficient (Wildman–Crippen LogP) is 5.03. The van der Waals surface area contributed by atoms with Crippen molar-refractivity contribution in [1.29, 1.82) is 0 Å². The van der Waals surface area contributed by atoms with E-state index < -0.39 is 0 Å². The Morgan fingerprint density at radius 1 is 1.14 bits per heavy atom. The predicted molar refractivity (Wildman–Crippen MR) is 89.6 cm³/mol. The van der Waals surface area contributed by atoms with E-state index in [-0.39, 0.29) is 6.04 Å². The number of ether oxygens (including phenoxy) is 1. The highest BCUT2D eigenvalue weighted by Crippen LogP contribution is 2.23. The van der Waals surface area contributed by atoms with Gasteiger partial charge in [-0.2, -0.15) is 0 Å². The van der Waals surface area contributed by atoms with Crippen LogP contribution >= 0.6 is 23.2 Å². The van der Waals surface area contributed by atoms with E-state index in [1.165, 1.54) is 0 Å². The van der Waals surface area contributed by atoms with Crippen LogP contribution in [-0.4, -0.2) is 13.2 Å². The van der Waals surface area contributed by atoms with Crippen LogP contribution in [0, 0.1) is 6.92 Å². The molecule has 2 rings (SSSR count). The number of likely N-dealkylation sites (N-methyl/N-ethyl adjacent to an activating group) is 1. The Hall–Kier alpha value is -1.22. The summed E-state index contributed by atoms with van der Waals surface area (Å²) in [6.07, 6.45) is 0. The molecule has 0 saturated heterocycles. The molecular formula is C17H19Cl2NO. The number of benzene rings is 2. The van der Waals surface area contributed by atoms with Crippen molar-refractivity contribution in [2.45, 2.75) is 19.9 Å². The lowest BCUT2D eigenvalue weighted by Gasteiger charge is -2.20. The maximum Gasteiger partial charge on any atom is 0.120 e. The van der Waals surface area contributed by atoms with Crippen LogP contribution in [0.4, 0.5) is 0 Å². The number of hydrogen-bond donors (Lipinski definition) is 1. The van der Waals surface area contributed by atoms with Crippen LogP contribution in [0.3, 0.4) is 0 Å². The van der Waals surface area contributed by atoms with E-state index in [0.717, 1.165) is 28.4 Å². The normalized spacial score (nSPS) is 12.2. The monoisotopic (exact) mass is 323 g/mol. The van der Waals surface area contributed by atoms with Crippen LogP contribution < -0.4 is 10.1 Å². The fourth-order valence-electron chi connectivity index (χ4n) is 2.08. The molecule has 2 nitrogen and oxygen atoms in total. The average molecular weight is 324 g/mol. The van der Waals surface area contributed by atoms with Crippen molar-refractivity contribution >= 4 is 23.2 Å². The van der Waals surface area contributed by atoms with Crippen LogP contribution in [0.2, 0.25) is 10.0 Å². The maximum atomic E-state index is 6.21. The molecule has 0 aromatic heterocycles. The Balaban J connectivity index is 2.09. The van der Waals surface area contributed by atoms with Crippen LogP contribution in [0.15, 0.2) is 42.5 Å². The molecule has 0 bridgehead atoms. The molecule has 21 heavy (non-hydrogen) atoms. The molecule has 0 aliphatic rings. The van der Waals surface area contributed by atoms with Gasteiger partial charge >= 0.3 is 0 Å². The van der Waals surface area contributed by atoms with Gasteiger partial charge in [0.25, 0.3) is 0 Å². The molecule has 0 heterocycles. The highest BCUT2D eigenvalue weighted by molar-refractivity contribution is 6.31. The van der Waals surface area contributed by atoms with E-state index in [1.54, 1.807) is 0 Å². The molecule has 0 saturated carbocycles. The zero-order valence-corrected chi connectivity index (χ0v) is 13.7. The summed E-state index contributed by atoms with van der Waals surface area (Å²) in [6.45, 7) is 5.45. The number of nitrogens with one attached hydrogen (secondary N) is 1. The summed E-state index contributed by atoms with van der Waals surface area (Å²) < 4.78 is 5.84. The van der Waals surface area contributed by atoms with Gasteiger partial charge in [0.2, 0.25) is 0 Å². The summed E-state index contributed by atoms with van der Waals surface area (Å²) in [5.74, 6) is 0.767. The zero-order valence-electron chi connectivity index (χ0n) is 12.2. The summed E-state index contributed by atoms with van der Waals surface area (Å²) in [7, 11) is 0. The first-order valence-corrected chi connectivity index (χ1v) is 7.73. The summed E-state index contributed by atoms with van der Waals surface area (Å²) >= 11 is 12.2. The second kappa shape index (κ2) is 7.69. The summed E-state index contributed by atoms with van der Waals surface area (Å²) in [6, 6.07) is 13.6. The molecule has 4 heteroatoms.